The van der Waals surface area contributed by atoms with E-state index in [1.807, 2.05) is 77.8 Å². The largest absolute Gasteiger partial charge is 0.379 e. The smallest absolute Gasteiger partial charge is 0.239 e. The third-order valence-corrected chi connectivity index (χ3v) is 10.4. The first-order chi connectivity index (χ1) is 21.3. The number of hydrogen-bond donors (Lipinski definition) is 2. The van der Waals surface area contributed by atoms with Crippen molar-refractivity contribution in [3.63, 3.8) is 0 Å². The summed E-state index contributed by atoms with van der Waals surface area (Å²) in [7, 11) is 0. The Morgan fingerprint density at radius 2 is 1.66 bits per heavy atom. The Morgan fingerprint density at radius 1 is 0.977 bits per heavy atom. The highest BCUT2D eigenvalue weighted by Gasteiger charge is 2.58. The van der Waals surface area contributed by atoms with Crippen LogP contribution in [-0.4, -0.2) is 70.7 Å². The fraction of sp³-hybridized carbons (Fsp3) is 0.333. The zero-order valence-corrected chi connectivity index (χ0v) is 27.1. The molecule has 2 fully saturated rings. The highest BCUT2D eigenvalue weighted by atomic mass is 35.5. The number of hydrogen-bond acceptors (Lipinski definition) is 5. The second-order valence-corrected chi connectivity index (χ2v) is 13.9. The summed E-state index contributed by atoms with van der Waals surface area (Å²) in [5.74, 6) is -0.266. The van der Waals surface area contributed by atoms with E-state index in [0.717, 1.165) is 66.2 Å². The van der Waals surface area contributed by atoms with Gasteiger partial charge in [0.15, 0.2) is 0 Å². The predicted molar refractivity (Wildman–Crippen MR) is 178 cm³/mol. The number of nitrogens with zero attached hydrogens (tertiary/aromatic N) is 2. The van der Waals surface area contributed by atoms with E-state index >= 15 is 0 Å². The van der Waals surface area contributed by atoms with Crippen molar-refractivity contribution >= 4 is 69.3 Å². The monoisotopic (exact) mass is 670 g/mol. The van der Waals surface area contributed by atoms with E-state index in [9.17, 15) is 9.59 Å². The van der Waals surface area contributed by atoms with Crippen molar-refractivity contribution in [2.24, 2.45) is 0 Å². The van der Waals surface area contributed by atoms with Gasteiger partial charge in [-0.3, -0.25) is 14.5 Å². The van der Waals surface area contributed by atoms with Gasteiger partial charge in [0.25, 0.3) is 0 Å². The lowest BCUT2D eigenvalue weighted by Gasteiger charge is -2.36. The maximum Gasteiger partial charge on any atom is 0.239 e. The van der Waals surface area contributed by atoms with E-state index in [2.05, 4.69) is 15.2 Å². The predicted octanol–water partition coefficient (Wildman–Crippen LogP) is 6.97. The number of H-pyrrole nitrogens is 1. The molecule has 0 radical (unpaired) electrons. The number of nitrogens with one attached hydrogen (secondary N) is 2. The Labute approximate surface area is 276 Å². The van der Waals surface area contributed by atoms with Crippen LogP contribution in [0.4, 0.5) is 0 Å². The van der Waals surface area contributed by atoms with Crippen LogP contribution in [0.25, 0.3) is 10.9 Å². The van der Waals surface area contributed by atoms with Gasteiger partial charge in [0, 0.05) is 68.8 Å². The lowest BCUT2D eigenvalue weighted by molar-refractivity contribution is -0.129. The van der Waals surface area contributed by atoms with Crippen LogP contribution in [-0.2, 0) is 20.9 Å². The van der Waals surface area contributed by atoms with E-state index in [1.54, 1.807) is 0 Å². The van der Waals surface area contributed by atoms with Gasteiger partial charge in [-0.1, -0.05) is 53.0 Å². The number of rotatable bonds is 10. The van der Waals surface area contributed by atoms with Crippen molar-refractivity contribution in [3.8, 4) is 0 Å². The minimum atomic E-state index is -1.16. The quantitative estimate of drug-likeness (QED) is 0.178. The molecular weight excluding hydrogens is 639 g/mol. The number of ether oxygens (including phenoxy) is 1. The molecule has 0 spiro atoms. The van der Waals surface area contributed by atoms with Crippen LogP contribution in [0.5, 0.6) is 0 Å². The Kier molecular flexibility index (Phi) is 9.76. The van der Waals surface area contributed by atoms with E-state index in [1.165, 1.54) is 11.8 Å². The molecule has 0 bridgehead atoms. The molecular formula is C33H33Cl3N4O3S. The summed E-state index contributed by atoms with van der Waals surface area (Å²) in [5.41, 5.74) is 2.63. The van der Waals surface area contributed by atoms with Gasteiger partial charge >= 0.3 is 0 Å². The van der Waals surface area contributed by atoms with Crippen LogP contribution in [0.15, 0.2) is 77.8 Å². The molecule has 2 N–H and O–H groups in total. The summed E-state index contributed by atoms with van der Waals surface area (Å²) in [6.45, 7) is 4.95. The topological polar surface area (TPSA) is 77.7 Å². The Morgan fingerprint density at radius 3 is 2.39 bits per heavy atom. The second-order valence-electron chi connectivity index (χ2n) is 11.2. The summed E-state index contributed by atoms with van der Waals surface area (Å²) in [6.07, 6.45) is 2.74. The van der Waals surface area contributed by atoms with Crippen molar-refractivity contribution in [3.05, 3.63) is 99.1 Å². The molecule has 2 unspecified atom stereocenters. The molecule has 230 valence electrons. The fourth-order valence-corrected chi connectivity index (χ4v) is 7.93. The van der Waals surface area contributed by atoms with Crippen molar-refractivity contribution < 1.29 is 14.3 Å². The maximum atomic E-state index is 14.6. The molecule has 0 saturated carbocycles. The average Bonchev–Trinajstić information content (AvgIpc) is 3.55. The number of likely N-dealkylation sites (tertiary alicyclic amines) is 1. The Bertz CT molecular complexity index is 1630. The van der Waals surface area contributed by atoms with E-state index in [-0.39, 0.29) is 18.2 Å². The first-order valence-corrected chi connectivity index (χ1v) is 16.6. The van der Waals surface area contributed by atoms with Gasteiger partial charge in [0.1, 0.15) is 4.75 Å². The minimum absolute atomic E-state index is 0.0358. The van der Waals surface area contributed by atoms with Crippen LogP contribution in [0.1, 0.15) is 30.0 Å². The number of halogens is 3. The van der Waals surface area contributed by atoms with E-state index in [4.69, 9.17) is 39.5 Å². The molecule has 2 amide bonds. The molecule has 2 aliphatic rings. The van der Waals surface area contributed by atoms with Crippen molar-refractivity contribution in [1.82, 2.24) is 20.1 Å². The average molecular weight is 672 g/mol. The van der Waals surface area contributed by atoms with Gasteiger partial charge in [0.05, 0.1) is 25.7 Å². The summed E-state index contributed by atoms with van der Waals surface area (Å²) in [6, 6.07) is 19.9. The van der Waals surface area contributed by atoms with Crippen LogP contribution < -0.4 is 5.32 Å². The molecule has 7 nitrogen and oxygen atoms in total. The summed E-state index contributed by atoms with van der Waals surface area (Å²) >= 11 is 20.1. The lowest BCUT2D eigenvalue weighted by Crippen LogP contribution is -2.48. The number of fused-ring (bicyclic) bond motifs is 1. The number of aromatic nitrogens is 1. The van der Waals surface area contributed by atoms with Gasteiger partial charge in [0.2, 0.25) is 11.8 Å². The van der Waals surface area contributed by atoms with E-state index in [0.29, 0.717) is 28.2 Å². The summed E-state index contributed by atoms with van der Waals surface area (Å²) < 4.78 is 4.30. The third kappa shape index (κ3) is 6.76. The maximum absolute atomic E-state index is 14.6. The lowest BCUT2D eigenvalue weighted by atomic mass is 9.91. The van der Waals surface area contributed by atoms with Crippen LogP contribution >= 0.6 is 46.6 Å². The summed E-state index contributed by atoms with van der Waals surface area (Å²) in [4.78, 5) is 37.0. The number of morpholine rings is 1. The summed E-state index contributed by atoms with van der Waals surface area (Å²) in [5, 5.41) is 5.97. The molecule has 2 saturated heterocycles. The number of carbonyl (C=O) groups excluding carboxylic acids is 2. The first-order valence-electron chi connectivity index (χ1n) is 14.7. The molecule has 2 aliphatic heterocycles. The van der Waals surface area contributed by atoms with Crippen LogP contribution in [0.2, 0.25) is 15.1 Å². The van der Waals surface area contributed by atoms with Gasteiger partial charge in [-0.15, -0.1) is 11.8 Å². The van der Waals surface area contributed by atoms with Gasteiger partial charge in [-0.2, -0.15) is 0 Å². The van der Waals surface area contributed by atoms with Crippen molar-refractivity contribution in [1.29, 1.82) is 0 Å². The van der Waals surface area contributed by atoms with Gasteiger partial charge < -0.3 is 19.9 Å². The van der Waals surface area contributed by atoms with Gasteiger partial charge in [-0.05, 0) is 67.1 Å². The molecule has 3 aromatic carbocycles. The van der Waals surface area contributed by atoms with Crippen molar-refractivity contribution in [2.45, 2.75) is 35.1 Å². The van der Waals surface area contributed by atoms with Crippen LogP contribution in [0.3, 0.4) is 0 Å². The zero-order chi connectivity index (χ0) is 30.7. The molecule has 2 atom stereocenters. The molecule has 44 heavy (non-hydrogen) atoms. The van der Waals surface area contributed by atoms with Crippen LogP contribution in [0, 0.1) is 0 Å². The van der Waals surface area contributed by atoms with Gasteiger partial charge in [-0.25, -0.2) is 0 Å². The van der Waals surface area contributed by atoms with E-state index < -0.39 is 10.8 Å². The number of carbonyl (C=O) groups is 2. The molecule has 4 aromatic rings. The second kappa shape index (κ2) is 13.7. The zero-order valence-electron chi connectivity index (χ0n) is 24.0. The SMILES string of the molecule is O=C1CC(Sc2ccc(Cl)cc2)(C(=O)NCCCN2CCOCC2)C(c2c[nH]c3cc(Cl)ccc23)N1Cc1ccc(Cl)cc1. The fourth-order valence-electron chi connectivity index (χ4n) is 6.09. The molecule has 1 aromatic heterocycles. The highest BCUT2D eigenvalue weighted by molar-refractivity contribution is 8.01. The number of benzene rings is 3. The molecule has 11 heteroatoms. The normalized spacial score (nSPS) is 20.8. The number of aromatic amines is 1. The highest BCUT2D eigenvalue weighted by Crippen LogP contribution is 2.54. The van der Waals surface area contributed by atoms with Crippen molar-refractivity contribution in [2.75, 3.05) is 39.4 Å². The molecule has 6 rings (SSSR count). The third-order valence-electron chi connectivity index (χ3n) is 8.26. The standard InChI is InChI=1S/C33H33Cl3N4O3S/c34-23-4-2-22(3-5-23)21-40-30(41)19-33(44-26-9-6-24(35)7-10-26,32(42)37-12-1-13-39-14-16-43-17-15-39)31(40)28-20-38-29-18-25(36)8-11-27(28)29/h2-11,18,20,31,38H,1,12-17,19,21H2,(H,37,42). The molecule has 3 heterocycles. The molecule has 0 aliphatic carbocycles. The first kappa shape index (κ1) is 31.3. The minimum Gasteiger partial charge on any atom is -0.379 e. The number of thioether (sulfide) groups is 1. The Hall–Kier alpha value is -2.72. The number of amides is 2. The Balaban J connectivity index is 1.39.